The second kappa shape index (κ2) is 8.44. The summed E-state index contributed by atoms with van der Waals surface area (Å²) in [6.45, 7) is 5.41. The Balaban J connectivity index is 1.70. The van der Waals surface area contributed by atoms with E-state index < -0.39 is 0 Å². The topological polar surface area (TPSA) is 69.7 Å². The van der Waals surface area contributed by atoms with E-state index in [-0.39, 0.29) is 17.7 Å². The van der Waals surface area contributed by atoms with Gasteiger partial charge < -0.3 is 15.1 Å². The van der Waals surface area contributed by atoms with Gasteiger partial charge in [0.25, 0.3) is 11.8 Å². The Bertz CT molecular complexity index is 921. The number of benzene rings is 2. The lowest BCUT2D eigenvalue weighted by Gasteiger charge is -2.34. The summed E-state index contributed by atoms with van der Waals surface area (Å²) in [4.78, 5) is 40.2. The molecule has 1 aliphatic heterocycles. The van der Waals surface area contributed by atoms with Crippen LogP contribution in [0.15, 0.2) is 42.5 Å². The third-order valence-corrected chi connectivity index (χ3v) is 5.06. The molecular weight excluding hydrogens is 378 g/mol. The molecule has 6 nitrogen and oxygen atoms in total. The number of piperazine rings is 1. The molecule has 0 spiro atoms. The van der Waals surface area contributed by atoms with Crippen molar-refractivity contribution in [2.24, 2.45) is 0 Å². The molecule has 1 aliphatic rings. The van der Waals surface area contributed by atoms with Crippen LogP contribution in [0.3, 0.4) is 0 Å². The largest absolute Gasteiger partial charge is 0.339 e. The van der Waals surface area contributed by atoms with Crippen molar-refractivity contribution in [1.29, 1.82) is 0 Å². The number of hydrogen-bond donors (Lipinski definition) is 1. The molecule has 3 amide bonds. The van der Waals surface area contributed by atoms with Gasteiger partial charge in [-0.25, -0.2) is 0 Å². The highest BCUT2D eigenvalue weighted by Crippen LogP contribution is 2.20. The summed E-state index contributed by atoms with van der Waals surface area (Å²) in [7, 11) is 0. The number of halogens is 1. The normalized spacial score (nSPS) is 14.0. The molecule has 0 atom stereocenters. The molecule has 0 aromatic heterocycles. The quantitative estimate of drug-likeness (QED) is 0.861. The van der Waals surface area contributed by atoms with Crippen LogP contribution in [-0.2, 0) is 4.79 Å². The van der Waals surface area contributed by atoms with E-state index in [0.29, 0.717) is 48.0 Å². The Morgan fingerprint density at radius 3 is 2.21 bits per heavy atom. The van der Waals surface area contributed by atoms with Gasteiger partial charge >= 0.3 is 0 Å². The van der Waals surface area contributed by atoms with Crippen molar-refractivity contribution in [1.82, 2.24) is 9.80 Å². The molecular formula is C21H22ClN3O3. The van der Waals surface area contributed by atoms with Crippen molar-refractivity contribution < 1.29 is 14.4 Å². The first-order valence-electron chi connectivity index (χ1n) is 9.07. The van der Waals surface area contributed by atoms with Gasteiger partial charge in [-0.05, 0) is 48.9 Å². The maximum Gasteiger partial charge on any atom is 0.255 e. The van der Waals surface area contributed by atoms with Crippen molar-refractivity contribution in [2.75, 3.05) is 31.5 Å². The number of amides is 3. The molecule has 1 heterocycles. The van der Waals surface area contributed by atoms with Crippen molar-refractivity contribution in [3.63, 3.8) is 0 Å². The first-order chi connectivity index (χ1) is 13.3. The van der Waals surface area contributed by atoms with Crippen LogP contribution in [-0.4, -0.2) is 53.7 Å². The van der Waals surface area contributed by atoms with Crippen LogP contribution in [0.1, 0.15) is 33.2 Å². The predicted molar refractivity (Wildman–Crippen MR) is 109 cm³/mol. The SMILES string of the molecule is CC(=O)N1CCN(C(=O)c2cccc(C(=O)Nc3ccc(Cl)cc3C)c2)CC1. The Labute approximate surface area is 169 Å². The summed E-state index contributed by atoms with van der Waals surface area (Å²) < 4.78 is 0. The zero-order chi connectivity index (χ0) is 20.3. The molecule has 1 fully saturated rings. The Kier molecular flexibility index (Phi) is 5.99. The van der Waals surface area contributed by atoms with Crippen molar-refractivity contribution in [3.8, 4) is 0 Å². The number of hydrogen-bond acceptors (Lipinski definition) is 3. The molecule has 0 aliphatic carbocycles. The van der Waals surface area contributed by atoms with Crippen LogP contribution < -0.4 is 5.32 Å². The van der Waals surface area contributed by atoms with Gasteiger partial charge in [0.05, 0.1) is 0 Å². The molecule has 0 radical (unpaired) electrons. The van der Waals surface area contributed by atoms with Crippen LogP contribution in [0.2, 0.25) is 5.02 Å². The van der Waals surface area contributed by atoms with Crippen LogP contribution in [0.4, 0.5) is 5.69 Å². The van der Waals surface area contributed by atoms with E-state index in [2.05, 4.69) is 5.32 Å². The minimum absolute atomic E-state index is 0.0169. The van der Waals surface area contributed by atoms with Crippen LogP contribution in [0, 0.1) is 6.92 Å². The van der Waals surface area contributed by atoms with Gasteiger partial charge in [-0.3, -0.25) is 14.4 Å². The fourth-order valence-corrected chi connectivity index (χ4v) is 3.39. The zero-order valence-corrected chi connectivity index (χ0v) is 16.6. The van der Waals surface area contributed by atoms with E-state index >= 15 is 0 Å². The van der Waals surface area contributed by atoms with Crippen molar-refractivity contribution >= 4 is 35.0 Å². The fraction of sp³-hybridized carbons (Fsp3) is 0.286. The first-order valence-corrected chi connectivity index (χ1v) is 9.45. The lowest BCUT2D eigenvalue weighted by molar-refractivity contribution is -0.130. The minimum Gasteiger partial charge on any atom is -0.339 e. The summed E-state index contributed by atoms with van der Waals surface area (Å²) >= 11 is 5.95. The number of rotatable bonds is 3. The van der Waals surface area contributed by atoms with Gasteiger partial charge in [0.2, 0.25) is 5.91 Å². The number of nitrogens with zero attached hydrogens (tertiary/aromatic N) is 2. The third kappa shape index (κ3) is 4.51. The van der Waals surface area contributed by atoms with E-state index in [0.717, 1.165) is 5.56 Å². The molecule has 0 unspecified atom stereocenters. The fourth-order valence-electron chi connectivity index (χ4n) is 3.16. The average Bonchev–Trinajstić information content (AvgIpc) is 2.69. The maximum absolute atomic E-state index is 12.8. The van der Waals surface area contributed by atoms with E-state index in [1.165, 1.54) is 6.92 Å². The molecule has 1 N–H and O–H groups in total. The zero-order valence-electron chi connectivity index (χ0n) is 15.9. The summed E-state index contributed by atoms with van der Waals surface area (Å²) in [5.41, 5.74) is 2.39. The summed E-state index contributed by atoms with van der Waals surface area (Å²) in [5.74, 6) is -0.412. The Hall–Kier alpha value is -2.86. The monoisotopic (exact) mass is 399 g/mol. The van der Waals surface area contributed by atoms with E-state index in [9.17, 15) is 14.4 Å². The van der Waals surface area contributed by atoms with Crippen LogP contribution >= 0.6 is 11.6 Å². The summed E-state index contributed by atoms with van der Waals surface area (Å²) in [5, 5.41) is 3.46. The number of carbonyl (C=O) groups excluding carboxylic acids is 3. The van der Waals surface area contributed by atoms with Crippen molar-refractivity contribution in [2.45, 2.75) is 13.8 Å². The smallest absolute Gasteiger partial charge is 0.255 e. The lowest BCUT2D eigenvalue weighted by Crippen LogP contribution is -2.50. The average molecular weight is 400 g/mol. The molecule has 0 saturated carbocycles. The number of carbonyl (C=O) groups is 3. The molecule has 0 bridgehead atoms. The molecule has 1 saturated heterocycles. The highest BCUT2D eigenvalue weighted by molar-refractivity contribution is 6.30. The van der Waals surface area contributed by atoms with E-state index in [1.54, 1.807) is 52.3 Å². The van der Waals surface area contributed by atoms with Crippen LogP contribution in [0.25, 0.3) is 0 Å². The molecule has 7 heteroatoms. The minimum atomic E-state index is -0.290. The molecule has 2 aromatic rings. The Morgan fingerprint density at radius 2 is 1.57 bits per heavy atom. The third-order valence-electron chi connectivity index (χ3n) is 4.82. The van der Waals surface area contributed by atoms with Gasteiger partial charge in [-0.15, -0.1) is 0 Å². The van der Waals surface area contributed by atoms with E-state index in [4.69, 9.17) is 11.6 Å². The second-order valence-corrected chi connectivity index (χ2v) is 7.23. The summed E-state index contributed by atoms with van der Waals surface area (Å²) in [6.07, 6.45) is 0. The summed E-state index contributed by atoms with van der Waals surface area (Å²) in [6, 6.07) is 11.9. The lowest BCUT2D eigenvalue weighted by atomic mass is 10.1. The van der Waals surface area contributed by atoms with Crippen molar-refractivity contribution in [3.05, 3.63) is 64.2 Å². The number of anilines is 1. The van der Waals surface area contributed by atoms with Gasteiger partial charge in [-0.2, -0.15) is 0 Å². The van der Waals surface area contributed by atoms with Gasteiger partial charge in [0, 0.05) is 54.9 Å². The standard InChI is InChI=1S/C21H22ClN3O3/c1-14-12-18(22)6-7-19(14)23-20(27)16-4-3-5-17(13-16)21(28)25-10-8-24(9-11-25)15(2)26/h3-7,12-13H,8-11H2,1-2H3,(H,23,27). The Morgan fingerprint density at radius 1 is 0.929 bits per heavy atom. The number of aryl methyl sites for hydroxylation is 1. The van der Waals surface area contributed by atoms with E-state index in [1.807, 2.05) is 6.92 Å². The maximum atomic E-state index is 12.8. The second-order valence-electron chi connectivity index (χ2n) is 6.79. The van der Waals surface area contributed by atoms with Gasteiger partial charge in [0.15, 0.2) is 0 Å². The highest BCUT2D eigenvalue weighted by atomic mass is 35.5. The first kappa shape index (κ1) is 19.9. The van der Waals surface area contributed by atoms with Crippen LogP contribution in [0.5, 0.6) is 0 Å². The molecule has 2 aromatic carbocycles. The molecule has 3 rings (SSSR count). The van der Waals surface area contributed by atoms with Gasteiger partial charge in [0.1, 0.15) is 0 Å². The molecule has 146 valence electrons. The number of nitrogens with one attached hydrogen (secondary N) is 1. The highest BCUT2D eigenvalue weighted by Gasteiger charge is 2.23. The predicted octanol–water partition coefficient (Wildman–Crippen LogP) is 3.21. The molecule has 28 heavy (non-hydrogen) atoms. The van der Waals surface area contributed by atoms with Gasteiger partial charge in [-0.1, -0.05) is 17.7 Å².